The van der Waals surface area contributed by atoms with Gasteiger partial charge in [0, 0.05) is 25.1 Å². The fraction of sp³-hybridized carbons (Fsp3) is 0.500. The Morgan fingerprint density at radius 1 is 1.38 bits per heavy atom. The van der Waals surface area contributed by atoms with Gasteiger partial charge in [-0.1, -0.05) is 0 Å². The van der Waals surface area contributed by atoms with Crippen molar-refractivity contribution in [3.63, 3.8) is 0 Å². The molecule has 1 aromatic carbocycles. The first-order valence-corrected chi connectivity index (χ1v) is 7.28. The smallest absolute Gasteiger partial charge is 0.254 e. The van der Waals surface area contributed by atoms with E-state index in [0.29, 0.717) is 25.1 Å². The maximum Gasteiger partial charge on any atom is 0.254 e. The molecule has 3 rings (SSSR count). The summed E-state index contributed by atoms with van der Waals surface area (Å²) in [5, 5.41) is 3.05. The van der Waals surface area contributed by atoms with Crippen molar-refractivity contribution in [2.45, 2.75) is 31.7 Å². The molecule has 1 spiro atoms. The van der Waals surface area contributed by atoms with E-state index < -0.39 is 0 Å². The fourth-order valence-corrected chi connectivity index (χ4v) is 3.30. The average Bonchev–Trinajstić information content (AvgIpc) is 3.05. The molecule has 0 aromatic heterocycles. The summed E-state index contributed by atoms with van der Waals surface area (Å²) < 4.78 is 5.17. The summed E-state index contributed by atoms with van der Waals surface area (Å²) in [7, 11) is 1.61. The molecule has 1 atom stereocenters. The minimum atomic E-state index is -0.187. The predicted molar refractivity (Wildman–Crippen MR) is 78.4 cm³/mol. The van der Waals surface area contributed by atoms with Gasteiger partial charge in [0.1, 0.15) is 5.75 Å². The zero-order valence-electron chi connectivity index (χ0n) is 12.4. The number of nitrogens with zero attached hydrogens (tertiary/aromatic N) is 1. The molecule has 2 fully saturated rings. The fourth-order valence-electron chi connectivity index (χ4n) is 3.30. The summed E-state index contributed by atoms with van der Waals surface area (Å²) in [5.41, 5.74) is 1.43. The number of methoxy groups -OCH3 is 1. The van der Waals surface area contributed by atoms with Crippen LogP contribution in [0.2, 0.25) is 0 Å². The molecule has 0 saturated carbocycles. The predicted octanol–water partition coefficient (Wildman–Crippen LogP) is 1.50. The van der Waals surface area contributed by atoms with Gasteiger partial charge in [-0.05, 0) is 43.5 Å². The summed E-state index contributed by atoms with van der Waals surface area (Å²) in [4.78, 5) is 26.0. The van der Waals surface area contributed by atoms with Crippen molar-refractivity contribution in [2.75, 3.05) is 20.2 Å². The minimum absolute atomic E-state index is 0.0353. The quantitative estimate of drug-likeness (QED) is 0.897. The molecule has 21 heavy (non-hydrogen) atoms. The minimum Gasteiger partial charge on any atom is -0.497 e. The first kappa shape index (κ1) is 13.9. The van der Waals surface area contributed by atoms with Gasteiger partial charge >= 0.3 is 0 Å². The maximum atomic E-state index is 12.7. The highest BCUT2D eigenvalue weighted by Gasteiger charge is 2.44. The van der Waals surface area contributed by atoms with Gasteiger partial charge in [-0.15, -0.1) is 0 Å². The Morgan fingerprint density at radius 3 is 2.81 bits per heavy atom. The van der Waals surface area contributed by atoms with Crippen LogP contribution in [0.4, 0.5) is 0 Å². The van der Waals surface area contributed by atoms with Crippen LogP contribution in [0.15, 0.2) is 18.2 Å². The summed E-state index contributed by atoms with van der Waals surface area (Å²) in [5.74, 6) is 0.892. The number of likely N-dealkylation sites (tertiary alicyclic amines) is 1. The lowest BCUT2D eigenvalue weighted by Crippen LogP contribution is -2.44. The third-order valence-electron chi connectivity index (χ3n) is 4.54. The molecule has 2 heterocycles. The van der Waals surface area contributed by atoms with E-state index in [-0.39, 0.29) is 17.4 Å². The van der Waals surface area contributed by atoms with Crippen LogP contribution in [0.5, 0.6) is 5.75 Å². The van der Waals surface area contributed by atoms with Crippen molar-refractivity contribution in [2.24, 2.45) is 0 Å². The highest BCUT2D eigenvalue weighted by Crippen LogP contribution is 2.31. The highest BCUT2D eigenvalue weighted by atomic mass is 16.5. The molecular formula is C16H20N2O3. The molecule has 2 aliphatic heterocycles. The third kappa shape index (κ3) is 2.48. The van der Waals surface area contributed by atoms with Crippen molar-refractivity contribution >= 4 is 11.8 Å². The largest absolute Gasteiger partial charge is 0.497 e. The second-order valence-corrected chi connectivity index (χ2v) is 5.99. The number of hydrogen-bond donors (Lipinski definition) is 1. The van der Waals surface area contributed by atoms with Gasteiger partial charge in [0.05, 0.1) is 12.6 Å². The number of carbonyl (C=O) groups excluding carboxylic acids is 2. The normalized spacial score (nSPS) is 24.5. The van der Waals surface area contributed by atoms with Crippen molar-refractivity contribution in [1.82, 2.24) is 10.2 Å². The van der Waals surface area contributed by atoms with E-state index in [1.165, 1.54) is 0 Å². The van der Waals surface area contributed by atoms with E-state index in [0.717, 1.165) is 24.2 Å². The van der Waals surface area contributed by atoms with Crippen molar-refractivity contribution in [3.8, 4) is 5.75 Å². The number of aryl methyl sites for hydroxylation is 1. The summed E-state index contributed by atoms with van der Waals surface area (Å²) in [6, 6.07) is 5.49. The Morgan fingerprint density at radius 2 is 2.19 bits per heavy atom. The average molecular weight is 288 g/mol. The molecule has 0 bridgehead atoms. The van der Waals surface area contributed by atoms with Gasteiger partial charge < -0.3 is 15.0 Å². The van der Waals surface area contributed by atoms with Crippen molar-refractivity contribution < 1.29 is 14.3 Å². The van der Waals surface area contributed by atoms with Crippen LogP contribution in [0.1, 0.15) is 35.2 Å². The molecule has 1 unspecified atom stereocenters. The van der Waals surface area contributed by atoms with Crippen LogP contribution < -0.4 is 10.1 Å². The van der Waals surface area contributed by atoms with Crippen LogP contribution in [0, 0.1) is 6.92 Å². The molecule has 1 N–H and O–H groups in total. The van der Waals surface area contributed by atoms with Gasteiger partial charge in [-0.3, -0.25) is 9.59 Å². The third-order valence-corrected chi connectivity index (χ3v) is 4.54. The number of hydrogen-bond acceptors (Lipinski definition) is 3. The summed E-state index contributed by atoms with van der Waals surface area (Å²) in [6.07, 6.45) is 2.25. The molecule has 5 nitrogen and oxygen atoms in total. The lowest BCUT2D eigenvalue weighted by molar-refractivity contribution is -0.119. The molecule has 0 aliphatic carbocycles. The van der Waals surface area contributed by atoms with Crippen molar-refractivity contribution in [3.05, 3.63) is 29.3 Å². The van der Waals surface area contributed by atoms with E-state index in [1.807, 2.05) is 30.0 Å². The summed E-state index contributed by atoms with van der Waals surface area (Å²) in [6.45, 7) is 3.23. The van der Waals surface area contributed by atoms with Crippen LogP contribution in [-0.4, -0.2) is 42.5 Å². The molecule has 2 amide bonds. The lowest BCUT2D eigenvalue weighted by atomic mass is 9.97. The molecule has 5 heteroatoms. The first-order chi connectivity index (χ1) is 10.0. The molecule has 112 valence electrons. The Balaban J connectivity index is 1.76. The van der Waals surface area contributed by atoms with E-state index in [9.17, 15) is 9.59 Å². The van der Waals surface area contributed by atoms with E-state index in [1.54, 1.807) is 7.11 Å². The topological polar surface area (TPSA) is 58.6 Å². The zero-order chi connectivity index (χ0) is 15.0. The molecule has 1 aromatic rings. The van der Waals surface area contributed by atoms with Crippen LogP contribution in [-0.2, 0) is 4.79 Å². The number of ether oxygens (including phenoxy) is 1. The number of carbonyl (C=O) groups is 2. The molecule has 0 radical (unpaired) electrons. The van der Waals surface area contributed by atoms with Crippen LogP contribution in [0.3, 0.4) is 0 Å². The maximum absolute atomic E-state index is 12.7. The molecule has 2 aliphatic rings. The Labute approximate surface area is 124 Å². The van der Waals surface area contributed by atoms with Gasteiger partial charge in [-0.25, -0.2) is 0 Å². The van der Waals surface area contributed by atoms with E-state index >= 15 is 0 Å². The lowest BCUT2D eigenvalue weighted by Gasteiger charge is -2.24. The SMILES string of the molecule is COc1ccc(C(=O)N2CCC3(CCC(=O)N3)C2)c(C)c1. The van der Waals surface area contributed by atoms with Gasteiger partial charge in [-0.2, -0.15) is 0 Å². The zero-order valence-corrected chi connectivity index (χ0v) is 12.4. The first-order valence-electron chi connectivity index (χ1n) is 7.28. The Hall–Kier alpha value is -2.04. The van der Waals surface area contributed by atoms with Crippen molar-refractivity contribution in [1.29, 1.82) is 0 Å². The Bertz CT molecular complexity index is 599. The monoisotopic (exact) mass is 288 g/mol. The number of rotatable bonds is 2. The molecular weight excluding hydrogens is 268 g/mol. The second kappa shape index (κ2) is 5.06. The summed E-state index contributed by atoms with van der Waals surface area (Å²) >= 11 is 0. The number of benzene rings is 1. The Kier molecular flexibility index (Phi) is 3.35. The van der Waals surface area contributed by atoms with Gasteiger partial charge in [0.15, 0.2) is 0 Å². The molecule has 2 saturated heterocycles. The van der Waals surface area contributed by atoms with Gasteiger partial charge in [0.25, 0.3) is 5.91 Å². The van der Waals surface area contributed by atoms with Crippen LogP contribution >= 0.6 is 0 Å². The van der Waals surface area contributed by atoms with Gasteiger partial charge in [0.2, 0.25) is 5.91 Å². The van der Waals surface area contributed by atoms with Crippen LogP contribution in [0.25, 0.3) is 0 Å². The van der Waals surface area contributed by atoms with E-state index in [4.69, 9.17) is 4.74 Å². The standard InChI is InChI=1S/C16H20N2O3/c1-11-9-12(21-2)3-4-13(11)15(20)18-8-7-16(10-18)6-5-14(19)17-16/h3-4,9H,5-8,10H2,1-2H3,(H,17,19). The van der Waals surface area contributed by atoms with E-state index in [2.05, 4.69) is 5.32 Å². The number of amides is 2. The second-order valence-electron chi connectivity index (χ2n) is 5.99. The highest BCUT2D eigenvalue weighted by molar-refractivity contribution is 5.96. The number of nitrogens with one attached hydrogen (secondary N) is 1.